The van der Waals surface area contributed by atoms with E-state index in [0.29, 0.717) is 12.1 Å². The number of carbonyl (C=O) groups is 1. The molecule has 1 fully saturated rings. The van der Waals surface area contributed by atoms with E-state index in [-0.39, 0.29) is 16.8 Å². The van der Waals surface area contributed by atoms with Crippen LogP contribution < -0.4 is 10.0 Å². The molecule has 0 bridgehead atoms. The summed E-state index contributed by atoms with van der Waals surface area (Å²) in [6, 6.07) is 10.2. The second kappa shape index (κ2) is 7.46. The van der Waals surface area contributed by atoms with Gasteiger partial charge in [-0.25, -0.2) is 13.1 Å². The van der Waals surface area contributed by atoms with Gasteiger partial charge in [0.15, 0.2) is 0 Å². The summed E-state index contributed by atoms with van der Waals surface area (Å²) in [6.45, 7) is 0. The van der Waals surface area contributed by atoms with Crippen LogP contribution in [-0.2, 0) is 21.2 Å². The molecule has 1 aliphatic rings. The molecule has 1 aromatic carbocycles. The molecule has 1 saturated carbocycles. The number of hydrogen-bond donors (Lipinski definition) is 2. The Labute approximate surface area is 146 Å². The van der Waals surface area contributed by atoms with Crippen molar-refractivity contribution in [2.45, 2.75) is 43.0 Å². The van der Waals surface area contributed by atoms with E-state index in [1.54, 1.807) is 12.1 Å². The van der Waals surface area contributed by atoms with E-state index in [9.17, 15) is 13.2 Å². The Bertz CT molecular complexity index is 778. The highest BCUT2D eigenvalue weighted by atomic mass is 32.2. The third-order valence-electron chi connectivity index (χ3n) is 4.04. The lowest BCUT2D eigenvalue weighted by molar-refractivity contribution is -0.115. The molecule has 1 amide bonds. The fourth-order valence-electron chi connectivity index (χ4n) is 2.83. The number of hydrogen-bond acceptors (Lipinski definition) is 4. The quantitative estimate of drug-likeness (QED) is 0.827. The maximum atomic E-state index is 12.3. The Morgan fingerprint density at radius 2 is 1.83 bits per heavy atom. The summed E-state index contributed by atoms with van der Waals surface area (Å²) in [4.78, 5) is 13.2. The van der Waals surface area contributed by atoms with Crippen LogP contribution in [0.15, 0.2) is 46.7 Å². The minimum atomic E-state index is -3.49. The van der Waals surface area contributed by atoms with Gasteiger partial charge in [0.05, 0.1) is 11.3 Å². The largest absolute Gasteiger partial charge is 0.326 e. The van der Waals surface area contributed by atoms with Crippen molar-refractivity contribution in [2.75, 3.05) is 5.32 Å². The minimum Gasteiger partial charge on any atom is -0.326 e. The molecule has 1 aliphatic carbocycles. The second-order valence-electron chi connectivity index (χ2n) is 5.93. The molecule has 1 heterocycles. The van der Waals surface area contributed by atoms with Crippen molar-refractivity contribution in [3.8, 4) is 0 Å². The van der Waals surface area contributed by atoms with Crippen molar-refractivity contribution >= 4 is 33.0 Å². The number of rotatable bonds is 6. The zero-order chi connectivity index (χ0) is 17.0. The third kappa shape index (κ3) is 4.43. The summed E-state index contributed by atoms with van der Waals surface area (Å²) in [6.07, 6.45) is 4.26. The number of sulfonamides is 1. The van der Waals surface area contributed by atoms with Crippen LogP contribution in [0.2, 0.25) is 0 Å². The Morgan fingerprint density at radius 3 is 2.46 bits per heavy atom. The van der Waals surface area contributed by atoms with E-state index >= 15 is 0 Å². The van der Waals surface area contributed by atoms with E-state index in [2.05, 4.69) is 10.0 Å². The number of benzene rings is 1. The van der Waals surface area contributed by atoms with E-state index in [4.69, 9.17) is 0 Å². The first-order valence-electron chi connectivity index (χ1n) is 7.97. The first kappa shape index (κ1) is 17.1. The molecular weight excluding hydrogens is 344 g/mol. The van der Waals surface area contributed by atoms with Crippen molar-refractivity contribution < 1.29 is 13.2 Å². The molecule has 0 atom stereocenters. The molecule has 0 aliphatic heterocycles. The van der Waals surface area contributed by atoms with Gasteiger partial charge in [-0.05, 0) is 48.6 Å². The predicted octanol–water partition coefficient (Wildman–Crippen LogP) is 3.15. The smallest absolute Gasteiger partial charge is 0.240 e. The topological polar surface area (TPSA) is 75.3 Å². The predicted molar refractivity (Wildman–Crippen MR) is 95.7 cm³/mol. The number of thiophene rings is 1. The van der Waals surface area contributed by atoms with Gasteiger partial charge in [-0.1, -0.05) is 18.9 Å². The highest BCUT2D eigenvalue weighted by Crippen LogP contribution is 2.21. The van der Waals surface area contributed by atoms with Gasteiger partial charge in [0, 0.05) is 16.6 Å². The van der Waals surface area contributed by atoms with Crippen LogP contribution in [-0.4, -0.2) is 20.4 Å². The van der Waals surface area contributed by atoms with Gasteiger partial charge >= 0.3 is 0 Å². The molecule has 24 heavy (non-hydrogen) atoms. The molecule has 0 spiro atoms. The molecule has 5 nitrogen and oxygen atoms in total. The molecule has 3 rings (SSSR count). The first-order chi connectivity index (χ1) is 11.5. The average molecular weight is 364 g/mol. The molecule has 2 aromatic rings. The molecule has 2 N–H and O–H groups in total. The van der Waals surface area contributed by atoms with Gasteiger partial charge in [0.1, 0.15) is 0 Å². The SMILES string of the molecule is O=C(Cc1cccs1)Nc1ccc(S(=O)(=O)NC2CCCC2)cc1. The Kier molecular flexibility index (Phi) is 5.33. The lowest BCUT2D eigenvalue weighted by atomic mass is 10.3. The molecule has 128 valence electrons. The van der Waals surface area contributed by atoms with Crippen LogP contribution in [0.4, 0.5) is 5.69 Å². The van der Waals surface area contributed by atoms with Gasteiger partial charge in [0.25, 0.3) is 0 Å². The molecule has 0 unspecified atom stereocenters. The summed E-state index contributed by atoms with van der Waals surface area (Å²) < 4.78 is 27.4. The van der Waals surface area contributed by atoms with E-state index in [1.165, 1.54) is 23.5 Å². The van der Waals surface area contributed by atoms with Crippen molar-refractivity contribution in [1.82, 2.24) is 4.72 Å². The summed E-state index contributed by atoms with van der Waals surface area (Å²) in [5.74, 6) is -0.114. The zero-order valence-electron chi connectivity index (χ0n) is 13.2. The van der Waals surface area contributed by atoms with Gasteiger partial charge in [0.2, 0.25) is 15.9 Å². The molecule has 0 saturated heterocycles. The van der Waals surface area contributed by atoms with Gasteiger partial charge in [-0.2, -0.15) is 0 Å². The van der Waals surface area contributed by atoms with Crippen LogP contribution in [0.3, 0.4) is 0 Å². The van der Waals surface area contributed by atoms with Gasteiger partial charge in [-0.3, -0.25) is 4.79 Å². The van der Waals surface area contributed by atoms with E-state index in [0.717, 1.165) is 30.6 Å². The summed E-state index contributed by atoms with van der Waals surface area (Å²) in [7, 11) is -3.49. The molecule has 1 aromatic heterocycles. The Hall–Kier alpha value is -1.70. The Morgan fingerprint density at radius 1 is 1.12 bits per heavy atom. The highest BCUT2D eigenvalue weighted by molar-refractivity contribution is 7.89. The summed E-state index contributed by atoms with van der Waals surface area (Å²) in [5.41, 5.74) is 0.594. The van der Waals surface area contributed by atoms with Crippen LogP contribution >= 0.6 is 11.3 Å². The van der Waals surface area contributed by atoms with E-state index in [1.807, 2.05) is 17.5 Å². The van der Waals surface area contributed by atoms with Crippen molar-refractivity contribution in [3.63, 3.8) is 0 Å². The van der Waals surface area contributed by atoms with Crippen LogP contribution in [0.1, 0.15) is 30.6 Å². The Balaban J connectivity index is 1.61. The highest BCUT2D eigenvalue weighted by Gasteiger charge is 2.22. The molecular formula is C17H20N2O3S2. The zero-order valence-corrected chi connectivity index (χ0v) is 14.8. The second-order valence-corrected chi connectivity index (χ2v) is 8.68. The van der Waals surface area contributed by atoms with Crippen molar-refractivity contribution in [2.24, 2.45) is 0 Å². The number of nitrogens with one attached hydrogen (secondary N) is 2. The van der Waals surface area contributed by atoms with E-state index < -0.39 is 10.0 Å². The minimum absolute atomic E-state index is 0.0418. The van der Waals surface area contributed by atoms with Crippen molar-refractivity contribution in [1.29, 1.82) is 0 Å². The molecule has 7 heteroatoms. The lowest BCUT2D eigenvalue weighted by Gasteiger charge is -2.13. The van der Waals surface area contributed by atoms with Crippen LogP contribution in [0.5, 0.6) is 0 Å². The number of anilines is 1. The first-order valence-corrected chi connectivity index (χ1v) is 10.3. The maximum absolute atomic E-state index is 12.3. The van der Waals surface area contributed by atoms with Gasteiger partial charge < -0.3 is 5.32 Å². The van der Waals surface area contributed by atoms with Crippen molar-refractivity contribution in [3.05, 3.63) is 46.7 Å². The van der Waals surface area contributed by atoms with Crippen LogP contribution in [0.25, 0.3) is 0 Å². The average Bonchev–Trinajstić information content (AvgIpc) is 3.21. The fourth-order valence-corrected chi connectivity index (χ4v) is 4.83. The lowest BCUT2D eigenvalue weighted by Crippen LogP contribution is -2.32. The van der Waals surface area contributed by atoms with Gasteiger partial charge in [-0.15, -0.1) is 11.3 Å². The normalized spacial score (nSPS) is 15.5. The summed E-state index contributed by atoms with van der Waals surface area (Å²) >= 11 is 1.53. The molecule has 0 radical (unpaired) electrons. The monoisotopic (exact) mass is 364 g/mol. The van der Waals surface area contributed by atoms with Crippen LogP contribution in [0, 0.1) is 0 Å². The number of carbonyl (C=O) groups excluding carboxylic acids is 1. The standard InChI is InChI=1S/C17H20N2O3S2/c20-17(12-15-6-3-11-23-15)18-13-7-9-16(10-8-13)24(21,22)19-14-4-1-2-5-14/h3,6-11,14,19H,1-2,4-5,12H2,(H,18,20). The maximum Gasteiger partial charge on any atom is 0.240 e. The third-order valence-corrected chi connectivity index (χ3v) is 6.45. The fraction of sp³-hybridized carbons (Fsp3) is 0.353. The summed E-state index contributed by atoms with van der Waals surface area (Å²) in [5, 5.41) is 4.71. The number of amides is 1.